The number of hydrogen-bond acceptors (Lipinski definition) is 5. The van der Waals surface area contributed by atoms with Crippen LogP contribution in [-0.4, -0.2) is 33.7 Å². The molecule has 3 rings (SSSR count). The van der Waals surface area contributed by atoms with E-state index >= 15 is 0 Å². The predicted molar refractivity (Wildman–Crippen MR) is 77.2 cm³/mol. The van der Waals surface area contributed by atoms with Crippen LogP contribution in [0.2, 0.25) is 10.0 Å². The molecule has 1 aliphatic rings. The smallest absolute Gasteiger partial charge is 0.303 e. The Morgan fingerprint density at radius 3 is 2.81 bits per heavy atom. The lowest BCUT2D eigenvalue weighted by Crippen LogP contribution is -2.27. The van der Waals surface area contributed by atoms with E-state index in [1.54, 1.807) is 29.0 Å². The minimum atomic E-state index is -0.431. The van der Waals surface area contributed by atoms with Gasteiger partial charge in [0.1, 0.15) is 11.6 Å². The number of fused-ring (bicyclic) bond motifs is 1. The molecule has 0 bridgehead atoms. The molecule has 0 aliphatic carbocycles. The summed E-state index contributed by atoms with van der Waals surface area (Å²) in [6.07, 6.45) is 2.71. The van der Waals surface area contributed by atoms with E-state index in [4.69, 9.17) is 32.7 Å². The first-order valence-corrected chi connectivity index (χ1v) is 6.97. The van der Waals surface area contributed by atoms with Crippen LogP contribution in [0.25, 0.3) is 11.0 Å². The number of hydrogen-bond donors (Lipinski definition) is 0. The highest BCUT2D eigenvalue weighted by Crippen LogP contribution is 2.29. The molecule has 2 unspecified atom stereocenters. The Morgan fingerprint density at radius 2 is 2.14 bits per heavy atom. The normalized spacial score (nSPS) is 21.7. The van der Waals surface area contributed by atoms with Crippen LogP contribution < -0.4 is 0 Å². The lowest BCUT2D eigenvalue weighted by atomic mass is 10.2. The van der Waals surface area contributed by atoms with Gasteiger partial charge in [-0.3, -0.25) is 4.79 Å². The van der Waals surface area contributed by atoms with Gasteiger partial charge in [0.2, 0.25) is 0 Å². The highest BCUT2D eigenvalue weighted by molar-refractivity contribution is 6.42. The fraction of sp³-hybridized carbons (Fsp3) is 0.308. The minimum Gasteiger partial charge on any atom is -0.456 e. The molecule has 2 aromatic rings. The van der Waals surface area contributed by atoms with Crippen molar-refractivity contribution in [2.24, 2.45) is 0 Å². The van der Waals surface area contributed by atoms with Crippen molar-refractivity contribution in [1.82, 2.24) is 15.0 Å². The zero-order chi connectivity index (χ0) is 15.0. The van der Waals surface area contributed by atoms with Crippen molar-refractivity contribution < 1.29 is 14.3 Å². The van der Waals surface area contributed by atoms with Crippen LogP contribution in [0.5, 0.6) is 0 Å². The molecule has 6 nitrogen and oxygen atoms in total. The molecule has 0 N–H and O–H groups in total. The number of aromatic nitrogens is 3. The van der Waals surface area contributed by atoms with Crippen molar-refractivity contribution in [3.05, 3.63) is 34.3 Å². The Hall–Kier alpha value is -1.63. The molecule has 0 fully saturated rings. The number of ether oxygens (including phenoxy) is 2. The molecule has 0 saturated heterocycles. The Kier molecular flexibility index (Phi) is 3.84. The Morgan fingerprint density at radius 1 is 1.38 bits per heavy atom. The molecular formula is C13H11Cl2N3O3. The van der Waals surface area contributed by atoms with Crippen LogP contribution in [0.4, 0.5) is 0 Å². The summed E-state index contributed by atoms with van der Waals surface area (Å²) in [6.45, 7) is 1.61. The van der Waals surface area contributed by atoms with Gasteiger partial charge in [-0.1, -0.05) is 28.4 Å². The fourth-order valence-electron chi connectivity index (χ4n) is 2.08. The van der Waals surface area contributed by atoms with Crippen LogP contribution in [0.1, 0.15) is 13.2 Å². The zero-order valence-corrected chi connectivity index (χ0v) is 12.5. The van der Waals surface area contributed by atoms with Crippen molar-refractivity contribution in [2.75, 3.05) is 6.61 Å². The van der Waals surface area contributed by atoms with Gasteiger partial charge >= 0.3 is 5.97 Å². The predicted octanol–water partition coefficient (Wildman–Crippen LogP) is 2.75. The maximum Gasteiger partial charge on any atom is 0.303 e. The van der Waals surface area contributed by atoms with Gasteiger partial charge in [0.15, 0.2) is 6.23 Å². The van der Waals surface area contributed by atoms with Gasteiger partial charge in [-0.2, -0.15) is 0 Å². The summed E-state index contributed by atoms with van der Waals surface area (Å²) in [7, 11) is 0. The Bertz CT molecular complexity index is 729. The number of carbonyl (C=O) groups excluding carboxylic acids is 1. The molecule has 0 amide bonds. The summed E-state index contributed by atoms with van der Waals surface area (Å²) in [5.74, 6) is -0.348. The molecule has 0 radical (unpaired) electrons. The van der Waals surface area contributed by atoms with Gasteiger partial charge < -0.3 is 9.47 Å². The topological polar surface area (TPSA) is 66.2 Å². The van der Waals surface area contributed by atoms with Gasteiger partial charge in [-0.05, 0) is 24.3 Å². The maximum absolute atomic E-state index is 10.9. The van der Waals surface area contributed by atoms with E-state index in [2.05, 4.69) is 10.3 Å². The summed E-state index contributed by atoms with van der Waals surface area (Å²) < 4.78 is 12.3. The zero-order valence-electron chi connectivity index (χ0n) is 11.0. The highest BCUT2D eigenvalue weighted by atomic mass is 35.5. The lowest BCUT2D eigenvalue weighted by molar-refractivity contribution is -0.149. The molecule has 1 aromatic heterocycles. The van der Waals surface area contributed by atoms with E-state index in [1.165, 1.54) is 6.92 Å². The lowest BCUT2D eigenvalue weighted by Gasteiger charge is -2.23. The molecule has 1 aromatic carbocycles. The first-order chi connectivity index (χ1) is 10.0. The number of benzene rings is 1. The third kappa shape index (κ3) is 2.88. The van der Waals surface area contributed by atoms with E-state index < -0.39 is 6.23 Å². The third-order valence-corrected chi connectivity index (χ3v) is 3.72. The number of halogens is 2. The van der Waals surface area contributed by atoms with Crippen LogP contribution in [0.3, 0.4) is 0 Å². The summed E-state index contributed by atoms with van der Waals surface area (Å²) in [4.78, 5) is 10.9. The van der Waals surface area contributed by atoms with Crippen molar-refractivity contribution in [3.8, 4) is 0 Å². The van der Waals surface area contributed by atoms with E-state index in [9.17, 15) is 4.79 Å². The molecule has 2 atom stereocenters. The number of nitrogens with zero attached hydrogens (tertiary/aromatic N) is 3. The Labute approximate surface area is 130 Å². The van der Waals surface area contributed by atoms with Gasteiger partial charge in [0.25, 0.3) is 0 Å². The number of carbonyl (C=O) groups is 1. The first-order valence-electron chi connectivity index (χ1n) is 6.21. The average molecular weight is 328 g/mol. The average Bonchev–Trinajstić information content (AvgIpc) is 2.82. The highest BCUT2D eigenvalue weighted by Gasteiger charge is 2.22. The van der Waals surface area contributed by atoms with Gasteiger partial charge in [0, 0.05) is 6.92 Å². The second-order valence-electron chi connectivity index (χ2n) is 4.55. The van der Waals surface area contributed by atoms with E-state index in [-0.39, 0.29) is 18.7 Å². The van der Waals surface area contributed by atoms with Crippen LogP contribution >= 0.6 is 23.2 Å². The summed E-state index contributed by atoms with van der Waals surface area (Å²) >= 11 is 12.0. The van der Waals surface area contributed by atoms with E-state index in [1.807, 2.05) is 0 Å². The Balaban J connectivity index is 1.88. The van der Waals surface area contributed by atoms with Crippen molar-refractivity contribution in [1.29, 1.82) is 0 Å². The monoisotopic (exact) mass is 327 g/mol. The molecule has 2 heterocycles. The largest absolute Gasteiger partial charge is 0.456 e. The summed E-state index contributed by atoms with van der Waals surface area (Å²) in [5.41, 5.74) is 1.34. The van der Waals surface area contributed by atoms with Crippen molar-refractivity contribution in [3.63, 3.8) is 0 Å². The summed E-state index contributed by atoms with van der Waals surface area (Å²) in [6, 6.07) is 3.34. The van der Waals surface area contributed by atoms with Crippen LogP contribution in [-0.2, 0) is 14.3 Å². The van der Waals surface area contributed by atoms with E-state index in [0.29, 0.717) is 21.1 Å². The standard InChI is InChI=1S/C13H11Cl2N3O3/c1-7(19)21-8-2-3-13(20-6-8)18-12-5-10(15)9(14)4-11(12)16-17-18/h2-5,8,13H,6H2,1H3. The molecular weight excluding hydrogens is 317 g/mol. The maximum atomic E-state index is 10.9. The minimum absolute atomic E-state index is 0.253. The van der Waals surface area contributed by atoms with E-state index in [0.717, 1.165) is 0 Å². The van der Waals surface area contributed by atoms with Crippen LogP contribution in [0, 0.1) is 0 Å². The van der Waals surface area contributed by atoms with Crippen molar-refractivity contribution >= 4 is 40.2 Å². The molecule has 0 saturated carbocycles. The molecule has 21 heavy (non-hydrogen) atoms. The van der Waals surface area contributed by atoms with Gasteiger partial charge in [-0.25, -0.2) is 4.68 Å². The summed E-state index contributed by atoms with van der Waals surface area (Å²) in [5, 5.41) is 8.93. The van der Waals surface area contributed by atoms with Gasteiger partial charge in [-0.15, -0.1) is 5.10 Å². The molecule has 1 aliphatic heterocycles. The molecule has 8 heteroatoms. The second kappa shape index (κ2) is 5.63. The van der Waals surface area contributed by atoms with Crippen molar-refractivity contribution in [2.45, 2.75) is 19.3 Å². The number of esters is 1. The third-order valence-electron chi connectivity index (χ3n) is 2.99. The fourth-order valence-corrected chi connectivity index (χ4v) is 2.40. The quantitative estimate of drug-likeness (QED) is 0.626. The SMILES string of the molecule is CC(=O)OC1C=CC(n2nnc3cc(Cl)c(Cl)cc32)OC1. The number of rotatable bonds is 2. The first kappa shape index (κ1) is 14.3. The second-order valence-corrected chi connectivity index (χ2v) is 5.36. The molecule has 0 spiro atoms. The van der Waals surface area contributed by atoms with Gasteiger partial charge in [0.05, 0.1) is 22.2 Å². The van der Waals surface area contributed by atoms with Crippen LogP contribution in [0.15, 0.2) is 24.3 Å². The molecule has 110 valence electrons.